The maximum atomic E-state index is 12.5. The molecule has 7 heteroatoms. The van der Waals surface area contributed by atoms with E-state index in [9.17, 15) is 4.79 Å². The van der Waals surface area contributed by atoms with E-state index in [1.54, 1.807) is 6.33 Å². The molecule has 1 aromatic heterocycles. The first-order chi connectivity index (χ1) is 13.1. The van der Waals surface area contributed by atoms with Gasteiger partial charge >= 0.3 is 0 Å². The summed E-state index contributed by atoms with van der Waals surface area (Å²) in [6, 6.07) is 11.2. The number of carbonyl (C=O) groups excluding carboxylic acids is 1. The molecule has 27 heavy (non-hydrogen) atoms. The Morgan fingerprint density at radius 1 is 1.30 bits per heavy atom. The van der Waals surface area contributed by atoms with Gasteiger partial charge in [0.25, 0.3) is 0 Å². The highest BCUT2D eigenvalue weighted by Crippen LogP contribution is 2.38. The summed E-state index contributed by atoms with van der Waals surface area (Å²) in [6.07, 6.45) is 2.36. The predicted molar refractivity (Wildman–Crippen MR) is 104 cm³/mol. The second-order valence-electron chi connectivity index (χ2n) is 6.46. The maximum absolute atomic E-state index is 12.5. The number of hydrogen-bond acceptors (Lipinski definition) is 4. The number of carbonyl (C=O) groups is 1. The van der Waals surface area contributed by atoms with Crippen LogP contribution in [0.4, 0.5) is 0 Å². The van der Waals surface area contributed by atoms with Gasteiger partial charge in [-0.25, -0.2) is 4.98 Å². The average Bonchev–Trinajstić information content (AvgIpc) is 3.11. The summed E-state index contributed by atoms with van der Waals surface area (Å²) >= 11 is 6.26. The fourth-order valence-corrected chi connectivity index (χ4v) is 3.49. The summed E-state index contributed by atoms with van der Waals surface area (Å²) < 4.78 is 13.0. The molecule has 1 atom stereocenters. The number of hydrogen-bond donors (Lipinski definition) is 1. The van der Waals surface area contributed by atoms with Crippen molar-refractivity contribution in [2.24, 2.45) is 0 Å². The molecule has 0 saturated carbocycles. The van der Waals surface area contributed by atoms with E-state index in [1.807, 2.05) is 47.9 Å². The molecule has 0 bridgehead atoms. The Bertz CT molecular complexity index is 986. The van der Waals surface area contributed by atoms with E-state index in [0.29, 0.717) is 42.7 Å². The maximum Gasteiger partial charge on any atom is 0.242 e. The number of fused-ring (bicyclic) bond motifs is 2. The molecule has 0 radical (unpaired) electrons. The van der Waals surface area contributed by atoms with E-state index in [-0.39, 0.29) is 11.9 Å². The number of ether oxygens (including phenoxy) is 2. The largest absolute Gasteiger partial charge is 0.486 e. The lowest BCUT2D eigenvalue weighted by Gasteiger charge is -2.20. The fourth-order valence-electron chi connectivity index (χ4n) is 3.20. The Hall–Kier alpha value is -2.73. The van der Waals surface area contributed by atoms with Gasteiger partial charge in [0.1, 0.15) is 19.3 Å². The van der Waals surface area contributed by atoms with Crippen LogP contribution in [0.2, 0.25) is 5.02 Å². The van der Waals surface area contributed by atoms with Crippen molar-refractivity contribution < 1.29 is 14.3 Å². The Balaban J connectivity index is 1.39. The minimum absolute atomic E-state index is 0.0539. The van der Waals surface area contributed by atoms with Gasteiger partial charge in [0.2, 0.25) is 5.91 Å². The van der Waals surface area contributed by atoms with Crippen molar-refractivity contribution in [1.82, 2.24) is 14.9 Å². The zero-order valence-corrected chi connectivity index (χ0v) is 15.7. The van der Waals surface area contributed by atoms with Crippen molar-refractivity contribution >= 4 is 28.5 Å². The third-order valence-electron chi connectivity index (χ3n) is 4.65. The molecular formula is C20H20ClN3O3. The number of nitrogens with zero attached hydrogens (tertiary/aromatic N) is 2. The number of rotatable bonds is 5. The van der Waals surface area contributed by atoms with Crippen LogP contribution in [0.3, 0.4) is 0 Å². The van der Waals surface area contributed by atoms with Gasteiger partial charge in [-0.15, -0.1) is 0 Å². The molecule has 0 fully saturated rings. The molecule has 2 aromatic carbocycles. The number of benzene rings is 2. The van der Waals surface area contributed by atoms with Crippen LogP contribution in [0.15, 0.2) is 42.7 Å². The van der Waals surface area contributed by atoms with Crippen LogP contribution in [0, 0.1) is 0 Å². The number of halogens is 1. The van der Waals surface area contributed by atoms with Crippen LogP contribution in [-0.4, -0.2) is 35.2 Å². The van der Waals surface area contributed by atoms with Crippen molar-refractivity contribution in [3.05, 3.63) is 53.3 Å². The minimum Gasteiger partial charge on any atom is -0.486 e. The highest BCUT2D eigenvalue weighted by molar-refractivity contribution is 6.32. The Morgan fingerprint density at radius 3 is 3.00 bits per heavy atom. The average molecular weight is 386 g/mol. The molecule has 6 nitrogen and oxygen atoms in total. The molecule has 1 amide bonds. The third kappa shape index (κ3) is 3.57. The van der Waals surface area contributed by atoms with E-state index >= 15 is 0 Å². The van der Waals surface area contributed by atoms with Crippen LogP contribution >= 0.6 is 11.6 Å². The molecule has 0 spiro atoms. The number of para-hydroxylation sites is 2. The normalized spacial score (nSPS) is 14.1. The standard InChI is InChI=1S/C20H20ClN3O3/c1-13(24-12-23-16-4-2-3-5-17(16)24)20(25)22-7-6-14-10-15(21)19-18(11-14)26-8-9-27-19/h2-5,10-13H,6-9H2,1H3,(H,22,25). The van der Waals surface area contributed by atoms with Crippen LogP contribution in [-0.2, 0) is 11.2 Å². The van der Waals surface area contributed by atoms with Crippen molar-refractivity contribution in [2.75, 3.05) is 19.8 Å². The summed E-state index contributed by atoms with van der Waals surface area (Å²) in [5, 5.41) is 3.51. The highest BCUT2D eigenvalue weighted by atomic mass is 35.5. The molecule has 2 heterocycles. The lowest BCUT2D eigenvalue weighted by molar-refractivity contribution is -0.123. The number of nitrogens with one attached hydrogen (secondary N) is 1. The van der Waals surface area contributed by atoms with Gasteiger partial charge in [0, 0.05) is 6.54 Å². The Labute approximate surface area is 162 Å². The topological polar surface area (TPSA) is 65.4 Å². The summed E-state index contributed by atoms with van der Waals surface area (Å²) in [6.45, 7) is 3.39. The van der Waals surface area contributed by atoms with Crippen LogP contribution in [0.5, 0.6) is 11.5 Å². The smallest absolute Gasteiger partial charge is 0.242 e. The zero-order chi connectivity index (χ0) is 18.8. The summed E-state index contributed by atoms with van der Waals surface area (Å²) in [5.41, 5.74) is 2.81. The molecule has 4 rings (SSSR count). The molecule has 1 N–H and O–H groups in total. The monoisotopic (exact) mass is 385 g/mol. The van der Waals surface area contributed by atoms with Crippen LogP contribution in [0.1, 0.15) is 18.5 Å². The third-order valence-corrected chi connectivity index (χ3v) is 4.93. The Kier molecular flexibility index (Phi) is 4.90. The van der Waals surface area contributed by atoms with Gasteiger partial charge < -0.3 is 19.4 Å². The lowest BCUT2D eigenvalue weighted by Crippen LogP contribution is -2.32. The summed E-state index contributed by atoms with van der Waals surface area (Å²) in [4.78, 5) is 16.9. The molecule has 140 valence electrons. The van der Waals surface area contributed by atoms with Crippen LogP contribution in [0.25, 0.3) is 11.0 Å². The van der Waals surface area contributed by atoms with Gasteiger partial charge in [0.15, 0.2) is 11.5 Å². The van der Waals surface area contributed by atoms with Gasteiger partial charge in [-0.05, 0) is 43.2 Å². The van der Waals surface area contributed by atoms with E-state index in [2.05, 4.69) is 10.3 Å². The highest BCUT2D eigenvalue weighted by Gasteiger charge is 2.18. The van der Waals surface area contributed by atoms with Gasteiger partial charge in [-0.2, -0.15) is 0 Å². The second kappa shape index (κ2) is 7.48. The van der Waals surface area contributed by atoms with E-state index in [4.69, 9.17) is 21.1 Å². The van der Waals surface area contributed by atoms with E-state index in [0.717, 1.165) is 16.6 Å². The fraction of sp³-hybridized carbons (Fsp3) is 0.300. The lowest BCUT2D eigenvalue weighted by atomic mass is 10.1. The first kappa shape index (κ1) is 17.7. The molecule has 0 saturated heterocycles. The molecular weight excluding hydrogens is 366 g/mol. The number of amides is 1. The quantitative estimate of drug-likeness (QED) is 0.731. The summed E-state index contributed by atoms with van der Waals surface area (Å²) in [7, 11) is 0. The SMILES string of the molecule is CC(C(=O)NCCc1cc(Cl)c2c(c1)OCCO2)n1cnc2ccccc21. The van der Waals surface area contributed by atoms with Crippen LogP contribution < -0.4 is 14.8 Å². The zero-order valence-electron chi connectivity index (χ0n) is 14.9. The van der Waals surface area contributed by atoms with Crippen molar-refractivity contribution in [2.45, 2.75) is 19.4 Å². The second-order valence-corrected chi connectivity index (χ2v) is 6.87. The molecule has 0 aliphatic carbocycles. The molecule has 1 aliphatic rings. The summed E-state index contributed by atoms with van der Waals surface area (Å²) in [5.74, 6) is 1.20. The number of imidazole rings is 1. The number of aromatic nitrogens is 2. The molecule has 3 aromatic rings. The Morgan fingerprint density at radius 2 is 2.11 bits per heavy atom. The predicted octanol–water partition coefficient (Wildman–Crippen LogP) is 3.38. The first-order valence-electron chi connectivity index (χ1n) is 8.91. The van der Waals surface area contributed by atoms with Crippen molar-refractivity contribution in [1.29, 1.82) is 0 Å². The first-order valence-corrected chi connectivity index (χ1v) is 9.28. The molecule has 1 aliphatic heterocycles. The van der Waals surface area contributed by atoms with E-state index in [1.165, 1.54) is 0 Å². The minimum atomic E-state index is -0.346. The molecule has 1 unspecified atom stereocenters. The van der Waals surface area contributed by atoms with Crippen molar-refractivity contribution in [3.63, 3.8) is 0 Å². The van der Waals surface area contributed by atoms with E-state index < -0.39 is 0 Å². The van der Waals surface area contributed by atoms with Crippen molar-refractivity contribution in [3.8, 4) is 11.5 Å². The van der Waals surface area contributed by atoms with Gasteiger partial charge in [-0.1, -0.05) is 23.7 Å². The van der Waals surface area contributed by atoms with Gasteiger partial charge in [0.05, 0.1) is 22.4 Å². The van der Waals surface area contributed by atoms with Gasteiger partial charge in [-0.3, -0.25) is 4.79 Å².